The molecule has 0 aliphatic rings. The van der Waals surface area contributed by atoms with E-state index in [1.165, 1.54) is 6.07 Å². The van der Waals surface area contributed by atoms with Gasteiger partial charge in [-0.1, -0.05) is 6.92 Å². The highest BCUT2D eigenvalue weighted by atomic mass is 19.1. The molecule has 0 aromatic heterocycles. The van der Waals surface area contributed by atoms with Gasteiger partial charge >= 0.3 is 0 Å². The molecule has 0 spiro atoms. The first kappa shape index (κ1) is 11.0. The van der Waals surface area contributed by atoms with Gasteiger partial charge in [-0.2, -0.15) is 0 Å². The van der Waals surface area contributed by atoms with Crippen LogP contribution in [-0.4, -0.2) is 11.7 Å². The number of aryl methyl sites for hydroxylation is 1. The van der Waals surface area contributed by atoms with Crippen LogP contribution in [0.4, 0.5) is 4.39 Å². The summed E-state index contributed by atoms with van der Waals surface area (Å²) in [6, 6.07) is 1.34. The second-order valence-electron chi connectivity index (χ2n) is 3.70. The van der Waals surface area contributed by atoms with Crippen molar-refractivity contribution in [1.29, 1.82) is 0 Å². The maximum Gasteiger partial charge on any atom is 0.126 e. The normalized spacial score (nSPS) is 12.9. The van der Waals surface area contributed by atoms with Crippen LogP contribution in [0.5, 0.6) is 5.75 Å². The van der Waals surface area contributed by atoms with E-state index in [9.17, 15) is 9.50 Å². The summed E-state index contributed by atoms with van der Waals surface area (Å²) in [6.07, 6.45) is 0. The summed E-state index contributed by atoms with van der Waals surface area (Å²) in [5.74, 6) is -0.137. The Labute approximate surface area is 83.6 Å². The molecule has 0 aliphatic carbocycles. The lowest BCUT2D eigenvalue weighted by atomic mass is 9.93. The van der Waals surface area contributed by atoms with Gasteiger partial charge in [0.05, 0.1) is 0 Å². The van der Waals surface area contributed by atoms with E-state index in [1.54, 1.807) is 13.8 Å². The Bertz CT molecular complexity index is 323. The first-order valence-corrected chi connectivity index (χ1v) is 4.67. The van der Waals surface area contributed by atoms with Crippen LogP contribution in [0.2, 0.25) is 0 Å². The predicted molar refractivity (Wildman–Crippen MR) is 55.0 cm³/mol. The third-order valence-electron chi connectivity index (χ3n) is 2.58. The molecule has 0 saturated heterocycles. The number of hydrogen-bond acceptors (Lipinski definition) is 2. The average Bonchev–Trinajstić information content (AvgIpc) is 2.15. The largest absolute Gasteiger partial charge is 0.507 e. The Kier molecular flexibility index (Phi) is 3.11. The average molecular weight is 197 g/mol. The van der Waals surface area contributed by atoms with Crippen LogP contribution in [0.1, 0.15) is 29.5 Å². The Morgan fingerprint density at radius 1 is 1.50 bits per heavy atom. The van der Waals surface area contributed by atoms with Gasteiger partial charge in [-0.25, -0.2) is 4.39 Å². The molecule has 1 unspecified atom stereocenters. The minimum Gasteiger partial charge on any atom is -0.507 e. The van der Waals surface area contributed by atoms with E-state index in [1.807, 2.05) is 6.92 Å². The topological polar surface area (TPSA) is 46.2 Å². The zero-order valence-corrected chi connectivity index (χ0v) is 8.76. The van der Waals surface area contributed by atoms with Gasteiger partial charge in [0, 0.05) is 5.56 Å². The number of benzene rings is 1. The van der Waals surface area contributed by atoms with Crippen LogP contribution in [-0.2, 0) is 0 Å². The summed E-state index contributed by atoms with van der Waals surface area (Å²) in [5, 5.41) is 9.78. The van der Waals surface area contributed by atoms with Crippen molar-refractivity contribution in [3.63, 3.8) is 0 Å². The fraction of sp³-hybridized carbons (Fsp3) is 0.455. The van der Waals surface area contributed by atoms with Crippen molar-refractivity contribution < 1.29 is 9.50 Å². The van der Waals surface area contributed by atoms with Gasteiger partial charge < -0.3 is 10.8 Å². The SMILES string of the molecule is Cc1cc(F)c(C)c(C(C)CN)c1O. The van der Waals surface area contributed by atoms with E-state index in [2.05, 4.69) is 0 Å². The maximum absolute atomic E-state index is 13.4. The van der Waals surface area contributed by atoms with Crippen LogP contribution in [0.25, 0.3) is 0 Å². The molecule has 3 N–H and O–H groups in total. The lowest BCUT2D eigenvalue weighted by Crippen LogP contribution is -2.11. The second-order valence-corrected chi connectivity index (χ2v) is 3.70. The molecule has 2 nitrogen and oxygen atoms in total. The molecule has 0 fully saturated rings. The Morgan fingerprint density at radius 3 is 2.57 bits per heavy atom. The van der Waals surface area contributed by atoms with Crippen molar-refractivity contribution in [3.8, 4) is 5.75 Å². The standard InChI is InChI=1S/C11H16FNO/c1-6-4-9(12)8(3)10(11(6)14)7(2)5-13/h4,7,14H,5,13H2,1-3H3. The number of halogens is 1. The van der Waals surface area contributed by atoms with Crippen molar-refractivity contribution in [2.24, 2.45) is 5.73 Å². The van der Waals surface area contributed by atoms with Gasteiger partial charge in [-0.3, -0.25) is 0 Å². The molecule has 1 atom stereocenters. The van der Waals surface area contributed by atoms with Gasteiger partial charge in [0.1, 0.15) is 11.6 Å². The third kappa shape index (κ3) is 1.73. The minimum atomic E-state index is -0.282. The van der Waals surface area contributed by atoms with E-state index in [-0.39, 0.29) is 17.5 Å². The molecular weight excluding hydrogens is 181 g/mol. The predicted octanol–water partition coefficient (Wildman–Crippen LogP) is 2.21. The maximum atomic E-state index is 13.4. The molecule has 0 aliphatic heterocycles. The quantitative estimate of drug-likeness (QED) is 0.763. The van der Waals surface area contributed by atoms with Crippen molar-refractivity contribution in [3.05, 3.63) is 28.6 Å². The summed E-state index contributed by atoms with van der Waals surface area (Å²) < 4.78 is 13.4. The highest BCUT2D eigenvalue weighted by Crippen LogP contribution is 2.32. The highest BCUT2D eigenvalue weighted by molar-refractivity contribution is 5.47. The molecule has 1 aromatic rings. The summed E-state index contributed by atoms with van der Waals surface area (Å²) in [7, 11) is 0. The van der Waals surface area contributed by atoms with E-state index in [0.29, 0.717) is 23.2 Å². The number of phenols is 1. The zero-order valence-electron chi connectivity index (χ0n) is 8.76. The lowest BCUT2D eigenvalue weighted by Gasteiger charge is -2.16. The van der Waals surface area contributed by atoms with Crippen LogP contribution in [0.15, 0.2) is 6.07 Å². The molecule has 3 heteroatoms. The van der Waals surface area contributed by atoms with Crippen LogP contribution >= 0.6 is 0 Å². The van der Waals surface area contributed by atoms with E-state index in [0.717, 1.165) is 0 Å². The van der Waals surface area contributed by atoms with Gasteiger partial charge in [-0.05, 0) is 43.5 Å². The van der Waals surface area contributed by atoms with Crippen molar-refractivity contribution in [2.45, 2.75) is 26.7 Å². The molecule has 0 heterocycles. The van der Waals surface area contributed by atoms with E-state index in [4.69, 9.17) is 5.73 Å². The van der Waals surface area contributed by atoms with E-state index >= 15 is 0 Å². The highest BCUT2D eigenvalue weighted by Gasteiger charge is 2.17. The van der Waals surface area contributed by atoms with E-state index < -0.39 is 0 Å². The molecule has 0 bridgehead atoms. The number of phenolic OH excluding ortho intramolecular Hbond substituents is 1. The van der Waals surface area contributed by atoms with Crippen molar-refractivity contribution >= 4 is 0 Å². The number of aromatic hydroxyl groups is 1. The van der Waals surface area contributed by atoms with Gasteiger partial charge in [0.15, 0.2) is 0 Å². The van der Waals surface area contributed by atoms with Crippen molar-refractivity contribution in [1.82, 2.24) is 0 Å². The minimum absolute atomic E-state index is 0.0237. The summed E-state index contributed by atoms with van der Waals surface area (Å²) in [6.45, 7) is 5.62. The van der Waals surface area contributed by atoms with Crippen LogP contribution in [0, 0.1) is 19.7 Å². The monoisotopic (exact) mass is 197 g/mol. The smallest absolute Gasteiger partial charge is 0.126 e. The first-order chi connectivity index (χ1) is 6.49. The molecule has 1 aromatic carbocycles. The second kappa shape index (κ2) is 3.96. The molecule has 0 radical (unpaired) electrons. The van der Waals surface area contributed by atoms with Crippen LogP contribution in [0.3, 0.4) is 0 Å². The third-order valence-corrected chi connectivity index (χ3v) is 2.58. The first-order valence-electron chi connectivity index (χ1n) is 4.67. The fourth-order valence-electron chi connectivity index (χ4n) is 1.61. The van der Waals surface area contributed by atoms with Crippen LogP contribution < -0.4 is 5.73 Å². The number of hydrogen-bond donors (Lipinski definition) is 2. The molecular formula is C11H16FNO. The fourth-order valence-corrected chi connectivity index (χ4v) is 1.61. The lowest BCUT2D eigenvalue weighted by molar-refractivity contribution is 0.454. The molecule has 0 amide bonds. The Hall–Kier alpha value is -1.09. The Morgan fingerprint density at radius 2 is 2.07 bits per heavy atom. The van der Waals surface area contributed by atoms with Gasteiger partial charge in [0.25, 0.3) is 0 Å². The molecule has 1 rings (SSSR count). The van der Waals surface area contributed by atoms with Gasteiger partial charge in [0.2, 0.25) is 0 Å². The van der Waals surface area contributed by atoms with Gasteiger partial charge in [-0.15, -0.1) is 0 Å². The summed E-state index contributed by atoms with van der Waals surface area (Å²) in [4.78, 5) is 0. The molecule has 78 valence electrons. The Balaban J connectivity index is 3.39. The molecule has 0 saturated carbocycles. The zero-order chi connectivity index (χ0) is 10.9. The number of nitrogens with two attached hydrogens (primary N) is 1. The summed E-state index contributed by atoms with van der Waals surface area (Å²) >= 11 is 0. The summed E-state index contributed by atoms with van der Waals surface area (Å²) in [5.41, 5.74) is 7.19. The number of rotatable bonds is 2. The van der Waals surface area contributed by atoms with Crippen molar-refractivity contribution in [2.75, 3.05) is 6.54 Å². The molecule has 14 heavy (non-hydrogen) atoms.